The van der Waals surface area contributed by atoms with Crippen molar-refractivity contribution in [2.45, 2.75) is 63.2 Å². The summed E-state index contributed by atoms with van der Waals surface area (Å²) in [4.78, 5) is 7.02. The molecule has 3 heterocycles. The van der Waals surface area contributed by atoms with E-state index >= 15 is 0 Å². The summed E-state index contributed by atoms with van der Waals surface area (Å²) in [5, 5.41) is 0. The van der Waals surface area contributed by atoms with Crippen molar-refractivity contribution in [1.82, 2.24) is 9.88 Å². The quantitative estimate of drug-likeness (QED) is 0.806. The number of nitrogens with zero attached hydrogens (tertiary/aromatic N) is 2. The van der Waals surface area contributed by atoms with E-state index in [-0.39, 0.29) is 11.7 Å². The topological polar surface area (TPSA) is 43.8 Å². The third-order valence-electron chi connectivity index (χ3n) is 6.86. The Labute approximate surface area is 157 Å². The van der Waals surface area contributed by atoms with E-state index in [1.807, 2.05) is 25.3 Å². The Balaban J connectivity index is 1.45. The number of aromatic nitrogens is 1. The summed E-state index contributed by atoms with van der Waals surface area (Å²) in [6, 6.07) is 6.30. The van der Waals surface area contributed by atoms with Crippen LogP contribution in [0, 0.1) is 5.41 Å². The standard InChI is InChI=1S/C21H32N2O3/c1-20(9-13-25-14-10-20)16-23-12-8-21(24-2)7-6-17(15-18(21)23)26-19-5-3-4-11-22-19/h3-5,11,17-18H,6-10,12-16H2,1-2H3/t17-,18-,21+/m0/s1. The highest BCUT2D eigenvalue weighted by Gasteiger charge is 2.52. The van der Waals surface area contributed by atoms with Crippen molar-refractivity contribution >= 4 is 0 Å². The van der Waals surface area contributed by atoms with Gasteiger partial charge in [0.2, 0.25) is 5.88 Å². The fourth-order valence-electron chi connectivity index (χ4n) is 5.15. The molecule has 1 aromatic heterocycles. The van der Waals surface area contributed by atoms with Gasteiger partial charge >= 0.3 is 0 Å². The van der Waals surface area contributed by atoms with Crippen molar-refractivity contribution in [2.24, 2.45) is 5.41 Å². The minimum atomic E-state index is 0.00546. The Hall–Kier alpha value is -1.17. The Bertz CT molecular complexity index is 590. The summed E-state index contributed by atoms with van der Waals surface area (Å²) >= 11 is 0. The third-order valence-corrected chi connectivity index (χ3v) is 6.86. The normalized spacial score (nSPS) is 34.4. The molecule has 2 saturated heterocycles. The van der Waals surface area contributed by atoms with Crippen molar-refractivity contribution in [3.05, 3.63) is 24.4 Å². The first-order valence-corrected chi connectivity index (χ1v) is 10.1. The van der Waals surface area contributed by atoms with Gasteiger partial charge in [-0.05, 0) is 43.6 Å². The molecule has 0 bridgehead atoms. The van der Waals surface area contributed by atoms with Gasteiger partial charge in [-0.1, -0.05) is 13.0 Å². The second-order valence-electron chi connectivity index (χ2n) is 8.61. The molecular formula is C21H32N2O3. The summed E-state index contributed by atoms with van der Waals surface area (Å²) in [6.07, 6.45) is 8.61. The van der Waals surface area contributed by atoms with Gasteiger partial charge in [0.25, 0.3) is 0 Å². The molecule has 0 amide bonds. The predicted octanol–water partition coefficient (Wildman–Crippen LogP) is 3.29. The molecule has 3 aliphatic rings. The zero-order valence-electron chi connectivity index (χ0n) is 16.2. The first-order chi connectivity index (χ1) is 12.6. The zero-order valence-corrected chi connectivity index (χ0v) is 16.2. The molecule has 5 heteroatoms. The maximum absolute atomic E-state index is 6.20. The van der Waals surface area contributed by atoms with Crippen LogP contribution in [-0.2, 0) is 9.47 Å². The van der Waals surface area contributed by atoms with E-state index in [4.69, 9.17) is 14.2 Å². The van der Waals surface area contributed by atoms with E-state index in [1.165, 1.54) is 0 Å². The Morgan fingerprint density at radius 3 is 2.81 bits per heavy atom. The molecule has 5 nitrogen and oxygen atoms in total. The average molecular weight is 360 g/mol. The zero-order chi connectivity index (χ0) is 18.0. The number of methoxy groups -OCH3 is 1. The molecule has 0 aromatic carbocycles. The highest BCUT2D eigenvalue weighted by atomic mass is 16.5. The second kappa shape index (κ2) is 7.45. The van der Waals surface area contributed by atoms with Crippen LogP contribution in [0.5, 0.6) is 5.88 Å². The van der Waals surface area contributed by atoms with Crippen LogP contribution in [0.4, 0.5) is 0 Å². The number of ether oxygens (including phenoxy) is 3. The van der Waals surface area contributed by atoms with E-state index < -0.39 is 0 Å². The van der Waals surface area contributed by atoms with Gasteiger partial charge < -0.3 is 14.2 Å². The van der Waals surface area contributed by atoms with Crippen molar-refractivity contribution in [3.8, 4) is 5.88 Å². The van der Waals surface area contributed by atoms with Crippen molar-refractivity contribution < 1.29 is 14.2 Å². The van der Waals surface area contributed by atoms with Crippen LogP contribution in [0.1, 0.15) is 45.4 Å². The number of rotatable bonds is 5. The molecule has 2 aliphatic heterocycles. The third kappa shape index (κ3) is 3.62. The Kier molecular flexibility index (Phi) is 5.22. The molecule has 0 N–H and O–H groups in total. The minimum Gasteiger partial charge on any atom is -0.474 e. The summed E-state index contributed by atoms with van der Waals surface area (Å²) in [5.74, 6) is 0.739. The van der Waals surface area contributed by atoms with Crippen LogP contribution < -0.4 is 4.74 Å². The largest absolute Gasteiger partial charge is 0.474 e. The van der Waals surface area contributed by atoms with Gasteiger partial charge in [0.15, 0.2) is 0 Å². The van der Waals surface area contributed by atoms with Gasteiger partial charge in [-0.3, -0.25) is 4.90 Å². The molecule has 144 valence electrons. The van der Waals surface area contributed by atoms with Crippen LogP contribution in [0.25, 0.3) is 0 Å². The van der Waals surface area contributed by atoms with Gasteiger partial charge in [0, 0.05) is 58.1 Å². The van der Waals surface area contributed by atoms with Crippen molar-refractivity contribution in [3.63, 3.8) is 0 Å². The first-order valence-electron chi connectivity index (χ1n) is 10.1. The number of fused-ring (bicyclic) bond motifs is 1. The highest BCUT2D eigenvalue weighted by Crippen LogP contribution is 2.45. The van der Waals surface area contributed by atoms with E-state index in [0.29, 0.717) is 11.5 Å². The molecule has 3 atom stereocenters. The number of pyridine rings is 1. The number of hydrogen-bond donors (Lipinski definition) is 0. The molecule has 26 heavy (non-hydrogen) atoms. The van der Waals surface area contributed by atoms with E-state index in [2.05, 4.69) is 16.8 Å². The molecule has 0 spiro atoms. The molecule has 0 radical (unpaired) electrons. The van der Waals surface area contributed by atoms with Crippen LogP contribution in [0.2, 0.25) is 0 Å². The lowest BCUT2D eigenvalue weighted by Crippen LogP contribution is -2.54. The van der Waals surface area contributed by atoms with Crippen LogP contribution >= 0.6 is 0 Å². The SMILES string of the molecule is CO[C@@]12CC[C@H](Oc3ccccn3)C[C@@H]1N(CC1(C)CCOCC1)CC2. The summed E-state index contributed by atoms with van der Waals surface area (Å²) in [5.41, 5.74) is 0.363. The van der Waals surface area contributed by atoms with E-state index in [0.717, 1.165) is 70.7 Å². The first kappa shape index (κ1) is 18.2. The fraction of sp³-hybridized carbons (Fsp3) is 0.762. The predicted molar refractivity (Wildman–Crippen MR) is 100 cm³/mol. The van der Waals surface area contributed by atoms with Gasteiger partial charge in [-0.2, -0.15) is 0 Å². The van der Waals surface area contributed by atoms with E-state index in [1.54, 1.807) is 6.20 Å². The molecule has 1 aromatic rings. The lowest BCUT2D eigenvalue weighted by molar-refractivity contribution is -0.0907. The molecule has 1 aliphatic carbocycles. The maximum atomic E-state index is 6.20. The molecule has 4 rings (SSSR count). The van der Waals surface area contributed by atoms with Gasteiger partial charge in [-0.15, -0.1) is 0 Å². The Morgan fingerprint density at radius 2 is 2.08 bits per heavy atom. The molecule has 3 fully saturated rings. The smallest absolute Gasteiger partial charge is 0.213 e. The molecular weight excluding hydrogens is 328 g/mol. The summed E-state index contributed by atoms with van der Waals surface area (Å²) in [7, 11) is 1.90. The number of likely N-dealkylation sites (tertiary alicyclic amines) is 1. The van der Waals surface area contributed by atoms with Gasteiger partial charge in [-0.25, -0.2) is 4.98 Å². The van der Waals surface area contributed by atoms with Crippen molar-refractivity contribution in [1.29, 1.82) is 0 Å². The lowest BCUT2D eigenvalue weighted by atomic mass is 9.77. The highest BCUT2D eigenvalue weighted by molar-refractivity contribution is 5.12. The Morgan fingerprint density at radius 1 is 1.23 bits per heavy atom. The average Bonchev–Trinajstić information content (AvgIpc) is 3.01. The minimum absolute atomic E-state index is 0.00546. The number of hydrogen-bond acceptors (Lipinski definition) is 5. The maximum Gasteiger partial charge on any atom is 0.213 e. The second-order valence-corrected chi connectivity index (χ2v) is 8.61. The van der Waals surface area contributed by atoms with Gasteiger partial charge in [0.05, 0.1) is 5.60 Å². The summed E-state index contributed by atoms with van der Waals surface area (Å²) in [6.45, 7) is 6.49. The monoisotopic (exact) mass is 360 g/mol. The lowest BCUT2D eigenvalue weighted by Gasteiger charge is -2.46. The molecule has 1 saturated carbocycles. The van der Waals surface area contributed by atoms with Crippen LogP contribution in [0.15, 0.2) is 24.4 Å². The fourth-order valence-corrected chi connectivity index (χ4v) is 5.15. The van der Waals surface area contributed by atoms with Crippen molar-refractivity contribution in [2.75, 3.05) is 33.4 Å². The van der Waals surface area contributed by atoms with Gasteiger partial charge in [0.1, 0.15) is 6.10 Å². The summed E-state index contributed by atoms with van der Waals surface area (Å²) < 4.78 is 17.9. The molecule has 0 unspecified atom stereocenters. The van der Waals surface area contributed by atoms with E-state index in [9.17, 15) is 0 Å². The van der Waals surface area contributed by atoms with Crippen LogP contribution in [-0.4, -0.2) is 61.0 Å². The van der Waals surface area contributed by atoms with Crippen LogP contribution in [0.3, 0.4) is 0 Å².